The topological polar surface area (TPSA) is 113 Å². The molecule has 0 radical (unpaired) electrons. The molecule has 4 rings (SSSR count). The smallest absolute Gasteiger partial charge is 0.410 e. The van der Waals surface area contributed by atoms with Gasteiger partial charge in [-0.05, 0) is 54.3 Å². The van der Waals surface area contributed by atoms with Gasteiger partial charge in [0.15, 0.2) is 9.84 Å². The summed E-state index contributed by atoms with van der Waals surface area (Å²) in [6.45, 7) is 0. The van der Waals surface area contributed by atoms with Crippen molar-refractivity contribution < 1.29 is 17.9 Å². The molecule has 1 aromatic heterocycles. The lowest BCUT2D eigenvalue weighted by Gasteiger charge is -2.37. The zero-order valence-corrected chi connectivity index (χ0v) is 19.7. The summed E-state index contributed by atoms with van der Waals surface area (Å²) in [4.78, 5) is 23.2. The van der Waals surface area contributed by atoms with Crippen molar-refractivity contribution in [3.8, 4) is 22.9 Å². The molecular formula is C25H24N4O4S. The number of hydrogen-bond acceptors (Lipinski definition) is 7. The molecule has 1 amide bonds. The third-order valence-corrected chi connectivity index (χ3v) is 7.38. The zero-order chi connectivity index (χ0) is 24.3. The summed E-state index contributed by atoms with van der Waals surface area (Å²) in [6, 6.07) is 17.4. The molecule has 1 aliphatic rings. The SMILES string of the molecule is CN(C(=O)Oc1ccc(-c2ccc(S(C)(=O)=O)cc2)cc1)C1(c2ccnc(C#N)n2)CCCC1. The van der Waals surface area contributed by atoms with Crippen LogP contribution in [0.15, 0.2) is 65.7 Å². The van der Waals surface area contributed by atoms with Gasteiger partial charge in [-0.2, -0.15) is 5.26 Å². The van der Waals surface area contributed by atoms with Gasteiger partial charge in [0.05, 0.1) is 16.1 Å². The van der Waals surface area contributed by atoms with E-state index in [9.17, 15) is 18.5 Å². The first-order valence-electron chi connectivity index (χ1n) is 10.8. The zero-order valence-electron chi connectivity index (χ0n) is 18.9. The average molecular weight is 477 g/mol. The quantitative estimate of drug-likeness (QED) is 0.539. The van der Waals surface area contributed by atoms with Crippen molar-refractivity contribution in [2.45, 2.75) is 36.1 Å². The average Bonchev–Trinajstić information content (AvgIpc) is 3.35. The Bertz CT molecular complexity index is 1340. The highest BCUT2D eigenvalue weighted by atomic mass is 32.2. The fraction of sp³-hybridized carbons (Fsp3) is 0.280. The van der Waals surface area contributed by atoms with Gasteiger partial charge in [0.25, 0.3) is 0 Å². The number of aromatic nitrogens is 2. The number of hydrogen-bond donors (Lipinski definition) is 0. The van der Waals surface area contributed by atoms with E-state index in [1.807, 2.05) is 18.2 Å². The Balaban J connectivity index is 1.51. The molecule has 3 aromatic rings. The van der Waals surface area contributed by atoms with Gasteiger partial charge in [-0.3, -0.25) is 4.90 Å². The summed E-state index contributed by atoms with van der Waals surface area (Å²) in [5, 5.41) is 9.18. The van der Waals surface area contributed by atoms with Crippen molar-refractivity contribution in [3.05, 3.63) is 72.3 Å². The van der Waals surface area contributed by atoms with Crippen LogP contribution in [-0.2, 0) is 15.4 Å². The molecule has 2 aromatic carbocycles. The van der Waals surface area contributed by atoms with Gasteiger partial charge in [-0.25, -0.2) is 23.2 Å². The second kappa shape index (κ2) is 9.23. The number of ether oxygens (including phenoxy) is 1. The van der Waals surface area contributed by atoms with E-state index in [1.54, 1.807) is 60.6 Å². The highest BCUT2D eigenvalue weighted by molar-refractivity contribution is 7.90. The molecule has 0 saturated heterocycles. The van der Waals surface area contributed by atoms with E-state index in [0.29, 0.717) is 11.4 Å². The Labute approximate surface area is 198 Å². The molecule has 0 unspecified atom stereocenters. The van der Waals surface area contributed by atoms with Crippen LogP contribution in [0.5, 0.6) is 5.75 Å². The molecule has 9 heteroatoms. The van der Waals surface area contributed by atoms with Crippen LogP contribution in [0, 0.1) is 11.3 Å². The number of amides is 1. The van der Waals surface area contributed by atoms with E-state index in [0.717, 1.165) is 36.8 Å². The summed E-state index contributed by atoms with van der Waals surface area (Å²) >= 11 is 0. The normalized spacial score (nSPS) is 14.9. The third-order valence-electron chi connectivity index (χ3n) is 6.25. The Kier molecular flexibility index (Phi) is 6.35. The van der Waals surface area contributed by atoms with E-state index in [2.05, 4.69) is 9.97 Å². The Morgan fingerprint density at radius 1 is 1.03 bits per heavy atom. The minimum absolute atomic E-state index is 0.0747. The van der Waals surface area contributed by atoms with Gasteiger partial charge in [0.1, 0.15) is 11.8 Å². The van der Waals surface area contributed by atoms with E-state index in [1.165, 1.54) is 6.26 Å². The van der Waals surface area contributed by atoms with Crippen LogP contribution in [0.3, 0.4) is 0 Å². The molecule has 0 N–H and O–H groups in total. The molecule has 174 valence electrons. The first-order valence-corrected chi connectivity index (χ1v) is 12.7. The fourth-order valence-electron chi connectivity index (χ4n) is 4.35. The van der Waals surface area contributed by atoms with E-state index < -0.39 is 21.5 Å². The summed E-state index contributed by atoms with van der Waals surface area (Å²) in [7, 11) is -1.56. The molecule has 34 heavy (non-hydrogen) atoms. The van der Waals surface area contributed by atoms with E-state index in [4.69, 9.17) is 4.74 Å². The lowest BCUT2D eigenvalue weighted by Crippen LogP contribution is -2.47. The predicted octanol–water partition coefficient (Wildman–Crippen LogP) is 4.32. The van der Waals surface area contributed by atoms with Gasteiger partial charge < -0.3 is 4.74 Å². The standard InChI is InChI=1S/C25H24N4O4S/c1-29(25(14-3-4-15-25)22-13-16-27-23(17-26)28-22)24(30)33-20-9-5-18(6-10-20)19-7-11-21(12-8-19)34(2,31)32/h5-13,16H,3-4,14-15H2,1-2H3. The summed E-state index contributed by atoms with van der Waals surface area (Å²) in [6.07, 6.45) is 5.54. The first kappa shape index (κ1) is 23.4. The highest BCUT2D eigenvalue weighted by Gasteiger charge is 2.44. The molecule has 0 bridgehead atoms. The van der Waals surface area contributed by atoms with Gasteiger partial charge in [-0.15, -0.1) is 0 Å². The number of nitrogens with zero attached hydrogens (tertiary/aromatic N) is 4. The second-order valence-electron chi connectivity index (χ2n) is 8.36. The lowest BCUT2D eigenvalue weighted by atomic mass is 9.91. The molecule has 1 heterocycles. The number of nitriles is 1. The van der Waals surface area contributed by atoms with Crippen LogP contribution in [0.25, 0.3) is 11.1 Å². The second-order valence-corrected chi connectivity index (χ2v) is 10.4. The predicted molar refractivity (Wildman–Crippen MR) is 126 cm³/mol. The molecule has 0 aliphatic heterocycles. The Hall–Kier alpha value is -3.77. The van der Waals surface area contributed by atoms with Crippen LogP contribution >= 0.6 is 0 Å². The van der Waals surface area contributed by atoms with Crippen molar-refractivity contribution in [2.24, 2.45) is 0 Å². The number of sulfone groups is 1. The van der Waals surface area contributed by atoms with Crippen LogP contribution in [0.2, 0.25) is 0 Å². The number of carbonyl (C=O) groups excluding carboxylic acids is 1. The first-order chi connectivity index (χ1) is 16.2. The summed E-state index contributed by atoms with van der Waals surface area (Å²) in [5.74, 6) is 0.465. The maximum Gasteiger partial charge on any atom is 0.415 e. The number of rotatable bonds is 5. The van der Waals surface area contributed by atoms with Gasteiger partial charge >= 0.3 is 6.09 Å². The van der Waals surface area contributed by atoms with E-state index in [-0.39, 0.29) is 10.7 Å². The van der Waals surface area contributed by atoms with Crippen molar-refractivity contribution in [1.29, 1.82) is 5.26 Å². The highest BCUT2D eigenvalue weighted by Crippen LogP contribution is 2.42. The number of carbonyl (C=O) groups is 1. The lowest BCUT2D eigenvalue weighted by molar-refractivity contribution is 0.0976. The molecule has 1 aliphatic carbocycles. The van der Waals surface area contributed by atoms with Crippen LogP contribution < -0.4 is 4.74 Å². The molecule has 1 saturated carbocycles. The van der Waals surface area contributed by atoms with Crippen LogP contribution in [0.1, 0.15) is 37.2 Å². The molecular weight excluding hydrogens is 452 g/mol. The minimum atomic E-state index is -3.25. The largest absolute Gasteiger partial charge is 0.415 e. The maximum absolute atomic E-state index is 13.1. The van der Waals surface area contributed by atoms with Gasteiger partial charge in [-0.1, -0.05) is 37.1 Å². The van der Waals surface area contributed by atoms with Crippen molar-refractivity contribution >= 4 is 15.9 Å². The summed E-state index contributed by atoms with van der Waals surface area (Å²) < 4.78 is 28.9. The molecule has 1 fully saturated rings. The fourth-order valence-corrected chi connectivity index (χ4v) is 4.98. The van der Waals surface area contributed by atoms with Gasteiger partial charge in [0, 0.05) is 19.5 Å². The Morgan fingerprint density at radius 2 is 1.62 bits per heavy atom. The van der Waals surface area contributed by atoms with Crippen LogP contribution in [0.4, 0.5) is 4.79 Å². The van der Waals surface area contributed by atoms with Crippen LogP contribution in [-0.4, -0.2) is 42.7 Å². The third kappa shape index (κ3) is 4.63. The minimum Gasteiger partial charge on any atom is -0.410 e. The van der Waals surface area contributed by atoms with Crippen molar-refractivity contribution in [1.82, 2.24) is 14.9 Å². The monoisotopic (exact) mass is 476 g/mol. The Morgan fingerprint density at radius 3 is 2.18 bits per heavy atom. The summed E-state index contributed by atoms with van der Waals surface area (Å²) in [5.41, 5.74) is 1.71. The molecule has 0 atom stereocenters. The number of benzene rings is 2. The van der Waals surface area contributed by atoms with Crippen molar-refractivity contribution in [3.63, 3.8) is 0 Å². The molecule has 0 spiro atoms. The van der Waals surface area contributed by atoms with E-state index >= 15 is 0 Å². The molecule has 8 nitrogen and oxygen atoms in total. The van der Waals surface area contributed by atoms with Crippen molar-refractivity contribution in [2.75, 3.05) is 13.3 Å². The van der Waals surface area contributed by atoms with Gasteiger partial charge in [0.2, 0.25) is 5.82 Å². The maximum atomic E-state index is 13.1.